The first kappa shape index (κ1) is 20.2. The molecule has 21 heavy (non-hydrogen) atoms. The standard InChI is InChI=1S/C15H29N3O2.ClH/c1-15(2,11-16)12-17(3)14(20)10-18-9-7-5-4-6-8-13(18)19;/h4-12,16H2,1-3H3;1H. The van der Waals surface area contributed by atoms with Gasteiger partial charge in [0.1, 0.15) is 0 Å². The van der Waals surface area contributed by atoms with Gasteiger partial charge in [0.15, 0.2) is 0 Å². The molecular formula is C15H30ClN3O2. The third-order valence-corrected chi connectivity index (χ3v) is 3.89. The molecule has 1 rings (SSSR count). The van der Waals surface area contributed by atoms with Gasteiger partial charge in [0.25, 0.3) is 0 Å². The van der Waals surface area contributed by atoms with Gasteiger partial charge in [0, 0.05) is 26.6 Å². The highest BCUT2D eigenvalue weighted by Crippen LogP contribution is 2.15. The number of hydrogen-bond donors (Lipinski definition) is 1. The Morgan fingerprint density at radius 2 is 1.90 bits per heavy atom. The van der Waals surface area contributed by atoms with Crippen molar-refractivity contribution in [3.63, 3.8) is 0 Å². The van der Waals surface area contributed by atoms with Crippen LogP contribution in [0.3, 0.4) is 0 Å². The highest BCUT2D eigenvalue weighted by Gasteiger charge is 2.24. The van der Waals surface area contributed by atoms with Gasteiger partial charge < -0.3 is 15.5 Å². The quantitative estimate of drug-likeness (QED) is 0.837. The molecule has 0 aliphatic carbocycles. The Morgan fingerprint density at radius 1 is 1.29 bits per heavy atom. The summed E-state index contributed by atoms with van der Waals surface area (Å²) in [6, 6.07) is 0. The number of likely N-dealkylation sites (N-methyl/N-ethyl adjacent to an activating group) is 1. The molecule has 0 atom stereocenters. The van der Waals surface area contributed by atoms with Crippen LogP contribution in [0.2, 0.25) is 0 Å². The van der Waals surface area contributed by atoms with Gasteiger partial charge in [-0.1, -0.05) is 26.7 Å². The summed E-state index contributed by atoms with van der Waals surface area (Å²) in [5.74, 6) is 0.116. The van der Waals surface area contributed by atoms with Gasteiger partial charge >= 0.3 is 0 Å². The lowest BCUT2D eigenvalue weighted by Gasteiger charge is -2.31. The maximum atomic E-state index is 12.2. The summed E-state index contributed by atoms with van der Waals surface area (Å²) in [5, 5.41) is 0. The molecule has 124 valence electrons. The number of carbonyl (C=O) groups excluding carboxylic acids is 2. The van der Waals surface area contributed by atoms with Gasteiger partial charge in [-0.25, -0.2) is 0 Å². The lowest BCUT2D eigenvalue weighted by Crippen LogP contribution is -2.46. The predicted molar refractivity (Wildman–Crippen MR) is 87.4 cm³/mol. The zero-order chi connectivity index (χ0) is 15.2. The molecule has 0 unspecified atom stereocenters. The molecule has 0 spiro atoms. The van der Waals surface area contributed by atoms with Crippen LogP contribution in [0.25, 0.3) is 0 Å². The number of nitrogens with two attached hydrogens (primary N) is 1. The first-order valence-electron chi connectivity index (χ1n) is 7.57. The van der Waals surface area contributed by atoms with E-state index >= 15 is 0 Å². The summed E-state index contributed by atoms with van der Waals surface area (Å²) in [7, 11) is 1.79. The molecule has 2 N–H and O–H groups in total. The van der Waals surface area contributed by atoms with Crippen LogP contribution in [-0.4, -0.2) is 54.8 Å². The molecule has 6 heteroatoms. The maximum Gasteiger partial charge on any atom is 0.241 e. The average molecular weight is 320 g/mol. The molecule has 1 aliphatic heterocycles. The number of hydrogen-bond acceptors (Lipinski definition) is 3. The summed E-state index contributed by atoms with van der Waals surface area (Å²) < 4.78 is 0. The second kappa shape index (κ2) is 9.26. The normalized spacial score (nSPS) is 16.8. The fraction of sp³-hybridized carbons (Fsp3) is 0.867. The highest BCUT2D eigenvalue weighted by atomic mass is 35.5. The van der Waals surface area contributed by atoms with Crippen molar-refractivity contribution in [2.75, 3.05) is 33.2 Å². The van der Waals surface area contributed by atoms with Gasteiger partial charge in [0.2, 0.25) is 11.8 Å². The average Bonchev–Trinajstić information content (AvgIpc) is 2.37. The zero-order valence-corrected chi connectivity index (χ0v) is 14.4. The molecule has 1 aliphatic rings. The Morgan fingerprint density at radius 3 is 2.52 bits per heavy atom. The minimum absolute atomic E-state index is 0. The van der Waals surface area contributed by atoms with E-state index in [2.05, 4.69) is 0 Å². The fourth-order valence-corrected chi connectivity index (χ4v) is 2.46. The van der Waals surface area contributed by atoms with Crippen molar-refractivity contribution in [2.24, 2.45) is 11.1 Å². The van der Waals surface area contributed by atoms with Crippen LogP contribution >= 0.6 is 12.4 Å². The third kappa shape index (κ3) is 7.14. The summed E-state index contributed by atoms with van der Waals surface area (Å²) in [6.45, 7) is 6.14. The molecular weight excluding hydrogens is 290 g/mol. The highest BCUT2D eigenvalue weighted by molar-refractivity contribution is 5.85. The molecule has 1 saturated heterocycles. The molecule has 2 amide bonds. The molecule has 0 aromatic rings. The predicted octanol–water partition coefficient (Wildman–Crippen LogP) is 1.64. The van der Waals surface area contributed by atoms with Crippen LogP contribution < -0.4 is 5.73 Å². The first-order chi connectivity index (χ1) is 9.35. The van der Waals surface area contributed by atoms with Gasteiger partial charge in [-0.3, -0.25) is 9.59 Å². The molecule has 0 bridgehead atoms. The number of nitrogens with zero attached hydrogens (tertiary/aromatic N) is 2. The van der Waals surface area contributed by atoms with Gasteiger partial charge in [0.05, 0.1) is 6.54 Å². The van der Waals surface area contributed by atoms with Crippen molar-refractivity contribution in [3.05, 3.63) is 0 Å². The molecule has 0 saturated carbocycles. The monoisotopic (exact) mass is 319 g/mol. The zero-order valence-electron chi connectivity index (χ0n) is 13.6. The van der Waals surface area contributed by atoms with Crippen LogP contribution in [-0.2, 0) is 9.59 Å². The molecule has 0 radical (unpaired) electrons. The Balaban J connectivity index is 0.00000400. The fourth-order valence-electron chi connectivity index (χ4n) is 2.46. The summed E-state index contributed by atoms with van der Waals surface area (Å²) >= 11 is 0. The minimum Gasteiger partial charge on any atom is -0.344 e. The lowest BCUT2D eigenvalue weighted by molar-refractivity contribution is -0.140. The van der Waals surface area contributed by atoms with E-state index in [4.69, 9.17) is 5.73 Å². The Bertz CT molecular complexity index is 348. The first-order valence-corrected chi connectivity index (χ1v) is 7.57. The van der Waals surface area contributed by atoms with E-state index < -0.39 is 0 Å². The van der Waals surface area contributed by atoms with Gasteiger partial charge in [-0.2, -0.15) is 0 Å². The number of carbonyl (C=O) groups is 2. The van der Waals surface area contributed by atoms with Crippen LogP contribution in [0.4, 0.5) is 0 Å². The van der Waals surface area contributed by atoms with Gasteiger partial charge in [-0.05, 0) is 24.8 Å². The maximum absolute atomic E-state index is 12.2. The van der Waals surface area contributed by atoms with E-state index in [1.54, 1.807) is 16.8 Å². The van der Waals surface area contributed by atoms with Crippen LogP contribution in [0, 0.1) is 5.41 Å². The minimum atomic E-state index is -0.0926. The Kier molecular flexibility index (Phi) is 8.90. The molecule has 0 aromatic heterocycles. The van der Waals surface area contributed by atoms with E-state index in [1.165, 1.54) is 0 Å². The second-order valence-corrected chi connectivity index (χ2v) is 6.60. The summed E-state index contributed by atoms with van der Waals surface area (Å²) in [4.78, 5) is 27.7. The summed E-state index contributed by atoms with van der Waals surface area (Å²) in [5.41, 5.74) is 5.60. The topological polar surface area (TPSA) is 66.6 Å². The smallest absolute Gasteiger partial charge is 0.241 e. The number of halogens is 1. The van der Waals surface area contributed by atoms with Crippen molar-refractivity contribution in [1.82, 2.24) is 9.80 Å². The molecule has 0 aromatic carbocycles. The largest absolute Gasteiger partial charge is 0.344 e. The Labute approximate surface area is 134 Å². The van der Waals surface area contributed by atoms with E-state index in [0.717, 1.165) is 25.7 Å². The van der Waals surface area contributed by atoms with Crippen LogP contribution in [0.5, 0.6) is 0 Å². The summed E-state index contributed by atoms with van der Waals surface area (Å²) in [6.07, 6.45) is 4.79. The van der Waals surface area contributed by atoms with E-state index in [9.17, 15) is 9.59 Å². The molecule has 1 fully saturated rings. The van der Waals surface area contributed by atoms with Crippen molar-refractivity contribution >= 4 is 24.2 Å². The number of rotatable bonds is 5. The third-order valence-electron chi connectivity index (χ3n) is 3.89. The van der Waals surface area contributed by atoms with Crippen LogP contribution in [0.1, 0.15) is 46.0 Å². The van der Waals surface area contributed by atoms with E-state index in [1.807, 2.05) is 13.8 Å². The van der Waals surface area contributed by atoms with Crippen molar-refractivity contribution < 1.29 is 9.59 Å². The number of likely N-dealkylation sites (tertiary alicyclic amines) is 1. The van der Waals surface area contributed by atoms with Crippen molar-refractivity contribution in [1.29, 1.82) is 0 Å². The van der Waals surface area contributed by atoms with E-state index in [0.29, 0.717) is 26.1 Å². The lowest BCUT2D eigenvalue weighted by atomic mass is 9.93. The van der Waals surface area contributed by atoms with Crippen molar-refractivity contribution in [2.45, 2.75) is 46.0 Å². The van der Waals surface area contributed by atoms with E-state index in [-0.39, 0.29) is 36.2 Å². The SMILES string of the molecule is CN(CC(C)(C)CN)C(=O)CN1CCCCCCC1=O.Cl. The Hall–Kier alpha value is -0.810. The molecule has 1 heterocycles. The molecule has 5 nitrogen and oxygen atoms in total. The van der Waals surface area contributed by atoms with Crippen molar-refractivity contribution in [3.8, 4) is 0 Å². The second-order valence-electron chi connectivity index (χ2n) is 6.60. The van der Waals surface area contributed by atoms with Crippen LogP contribution in [0.15, 0.2) is 0 Å². The van der Waals surface area contributed by atoms with Gasteiger partial charge in [-0.15, -0.1) is 12.4 Å². The number of amides is 2.